The van der Waals surface area contributed by atoms with Crippen LogP contribution >= 0.6 is 27.5 Å². The summed E-state index contributed by atoms with van der Waals surface area (Å²) in [5.74, 6) is -1.32. The molecule has 0 bridgehead atoms. The topological polar surface area (TPSA) is 71.5 Å². The number of amides is 1. The highest BCUT2D eigenvalue weighted by molar-refractivity contribution is 9.10. The molecule has 1 aliphatic heterocycles. The Kier molecular flexibility index (Phi) is 10.1. The number of hydrogen-bond acceptors (Lipinski definition) is 5. The summed E-state index contributed by atoms with van der Waals surface area (Å²) >= 11 is 9.89. The van der Waals surface area contributed by atoms with Crippen molar-refractivity contribution in [3.63, 3.8) is 0 Å². The summed E-state index contributed by atoms with van der Waals surface area (Å²) in [6.07, 6.45) is 3.15. The molecule has 0 fully saturated rings. The molecule has 1 aromatic heterocycles. The van der Waals surface area contributed by atoms with Crippen molar-refractivity contribution in [2.45, 2.75) is 51.8 Å². The van der Waals surface area contributed by atoms with Crippen LogP contribution < -0.4 is 10.2 Å². The van der Waals surface area contributed by atoms with Crippen LogP contribution in [0.4, 0.5) is 14.6 Å². The van der Waals surface area contributed by atoms with Gasteiger partial charge < -0.3 is 15.0 Å². The molecule has 0 aliphatic carbocycles. The second-order valence-corrected chi connectivity index (χ2v) is 11.1. The SMILES string of the molecule is CCCC(F)OC(=O)CCC(CNC(=O)c1c(C)c(N2CC=CC2)nc2ccc(Br)cc12)c1cc(F)ccc1Cl. The Balaban J connectivity index is 1.60. The molecule has 2 heterocycles. The third kappa shape index (κ3) is 7.18. The van der Waals surface area contributed by atoms with E-state index in [0.717, 1.165) is 15.9 Å². The van der Waals surface area contributed by atoms with Crippen LogP contribution in [0.3, 0.4) is 0 Å². The Morgan fingerprint density at radius 2 is 1.93 bits per heavy atom. The van der Waals surface area contributed by atoms with E-state index in [-0.39, 0.29) is 31.7 Å². The molecule has 0 saturated heterocycles. The summed E-state index contributed by atoms with van der Waals surface area (Å²) in [5, 5.41) is 3.97. The molecule has 0 spiro atoms. The lowest BCUT2D eigenvalue weighted by Crippen LogP contribution is -2.31. The summed E-state index contributed by atoms with van der Waals surface area (Å²) in [5.41, 5.74) is 2.35. The van der Waals surface area contributed by atoms with E-state index in [1.807, 2.05) is 25.1 Å². The molecular weight excluding hydrogens is 604 g/mol. The Morgan fingerprint density at radius 3 is 2.65 bits per heavy atom. The van der Waals surface area contributed by atoms with E-state index in [1.54, 1.807) is 6.92 Å². The summed E-state index contributed by atoms with van der Waals surface area (Å²) in [6, 6.07) is 9.57. The lowest BCUT2D eigenvalue weighted by Gasteiger charge is -2.23. The van der Waals surface area contributed by atoms with Crippen LogP contribution in [-0.4, -0.2) is 42.9 Å². The largest absolute Gasteiger partial charge is 0.431 e. The van der Waals surface area contributed by atoms with Crippen molar-refractivity contribution < 1.29 is 23.1 Å². The Bertz CT molecular complexity index is 1430. The molecule has 3 aromatic rings. The van der Waals surface area contributed by atoms with E-state index >= 15 is 0 Å². The van der Waals surface area contributed by atoms with E-state index in [0.29, 0.717) is 46.6 Å². The molecule has 4 rings (SSSR count). The second kappa shape index (κ2) is 13.5. The lowest BCUT2D eigenvalue weighted by molar-refractivity contribution is -0.158. The van der Waals surface area contributed by atoms with Crippen molar-refractivity contribution in [2.75, 3.05) is 24.5 Å². The van der Waals surface area contributed by atoms with Crippen LogP contribution in [0, 0.1) is 12.7 Å². The Labute approximate surface area is 245 Å². The van der Waals surface area contributed by atoms with Crippen molar-refractivity contribution in [1.29, 1.82) is 0 Å². The van der Waals surface area contributed by atoms with Gasteiger partial charge in [0.25, 0.3) is 5.91 Å². The molecule has 2 unspecified atom stereocenters. The number of anilines is 1. The van der Waals surface area contributed by atoms with Gasteiger partial charge in [-0.3, -0.25) is 9.59 Å². The highest BCUT2D eigenvalue weighted by Crippen LogP contribution is 2.32. The van der Waals surface area contributed by atoms with Gasteiger partial charge in [0, 0.05) is 58.8 Å². The number of esters is 1. The van der Waals surface area contributed by atoms with Gasteiger partial charge >= 0.3 is 5.97 Å². The van der Waals surface area contributed by atoms with Gasteiger partial charge in [-0.25, -0.2) is 13.8 Å². The molecule has 0 saturated carbocycles. The van der Waals surface area contributed by atoms with E-state index in [2.05, 4.69) is 38.3 Å². The molecule has 10 heteroatoms. The zero-order valence-corrected chi connectivity index (χ0v) is 24.7. The number of carbonyl (C=O) groups is 2. The number of benzene rings is 2. The number of ether oxygens (including phenoxy) is 1. The maximum atomic E-state index is 14.2. The molecule has 2 aromatic carbocycles. The van der Waals surface area contributed by atoms with Crippen LogP contribution in [0.1, 0.15) is 60.0 Å². The fourth-order valence-corrected chi connectivity index (χ4v) is 5.48. The van der Waals surface area contributed by atoms with E-state index in [9.17, 15) is 18.4 Å². The molecular formula is C30H31BrClF2N3O3. The van der Waals surface area contributed by atoms with Crippen molar-refractivity contribution in [3.8, 4) is 0 Å². The van der Waals surface area contributed by atoms with Gasteiger partial charge in [-0.05, 0) is 61.7 Å². The number of alkyl halides is 1. The van der Waals surface area contributed by atoms with Crippen molar-refractivity contribution in [3.05, 3.63) is 80.6 Å². The minimum atomic E-state index is -1.67. The molecule has 212 valence electrons. The fraction of sp³-hybridized carbons (Fsp3) is 0.367. The number of halogens is 4. The van der Waals surface area contributed by atoms with Crippen LogP contribution in [-0.2, 0) is 9.53 Å². The Morgan fingerprint density at radius 1 is 1.18 bits per heavy atom. The van der Waals surface area contributed by atoms with Crippen LogP contribution in [0.5, 0.6) is 0 Å². The Hall–Kier alpha value is -3.04. The number of hydrogen-bond donors (Lipinski definition) is 1. The van der Waals surface area contributed by atoms with Gasteiger partial charge in [0.05, 0.1) is 11.1 Å². The first-order chi connectivity index (χ1) is 19.2. The van der Waals surface area contributed by atoms with Gasteiger partial charge in [0.2, 0.25) is 6.36 Å². The van der Waals surface area contributed by atoms with Crippen molar-refractivity contribution >= 4 is 56.1 Å². The third-order valence-corrected chi connectivity index (χ3v) is 7.73. The molecule has 1 N–H and O–H groups in total. The van der Waals surface area contributed by atoms with Crippen LogP contribution in [0.25, 0.3) is 10.9 Å². The first kappa shape index (κ1) is 29.9. The maximum Gasteiger partial charge on any atom is 0.308 e. The van der Waals surface area contributed by atoms with Crippen LogP contribution in [0.2, 0.25) is 5.02 Å². The summed E-state index contributed by atoms with van der Waals surface area (Å²) in [4.78, 5) is 33.0. The van der Waals surface area contributed by atoms with E-state index < -0.39 is 24.1 Å². The van der Waals surface area contributed by atoms with Gasteiger partial charge in [0.15, 0.2) is 0 Å². The molecule has 1 aliphatic rings. The fourth-order valence-electron chi connectivity index (χ4n) is 4.85. The predicted octanol–water partition coefficient (Wildman–Crippen LogP) is 7.41. The number of pyridine rings is 1. The summed E-state index contributed by atoms with van der Waals surface area (Å²) in [7, 11) is 0. The van der Waals surface area contributed by atoms with Gasteiger partial charge in [-0.15, -0.1) is 0 Å². The predicted molar refractivity (Wildman–Crippen MR) is 157 cm³/mol. The number of aromatic nitrogens is 1. The smallest absolute Gasteiger partial charge is 0.308 e. The van der Waals surface area contributed by atoms with Gasteiger partial charge in [-0.2, -0.15) is 0 Å². The average Bonchev–Trinajstić information content (AvgIpc) is 3.45. The highest BCUT2D eigenvalue weighted by Gasteiger charge is 2.24. The van der Waals surface area contributed by atoms with E-state index in [4.69, 9.17) is 21.3 Å². The van der Waals surface area contributed by atoms with Gasteiger partial charge in [-0.1, -0.05) is 46.6 Å². The minimum Gasteiger partial charge on any atom is -0.431 e. The van der Waals surface area contributed by atoms with Crippen molar-refractivity contribution in [2.24, 2.45) is 0 Å². The minimum absolute atomic E-state index is 0.0706. The molecule has 1 amide bonds. The zero-order valence-electron chi connectivity index (χ0n) is 22.4. The first-order valence-corrected chi connectivity index (χ1v) is 14.4. The summed E-state index contributed by atoms with van der Waals surface area (Å²) in [6.45, 7) is 5.14. The number of nitrogens with one attached hydrogen (secondary N) is 1. The monoisotopic (exact) mass is 633 g/mol. The third-order valence-electron chi connectivity index (χ3n) is 6.89. The standard InChI is InChI=1S/C30H31BrClF2N3O3/c1-3-6-26(34)40-27(38)12-7-19(22-16-21(33)9-10-24(22)32)17-35-30(39)28-18(2)29(37-13-4-5-14-37)36-25-11-8-20(31)15-23(25)28/h4-5,8-11,15-16,19,26H,3,6-7,12-14,17H2,1-2H3,(H,35,39). The summed E-state index contributed by atoms with van der Waals surface area (Å²) < 4.78 is 33.6. The molecule has 6 nitrogen and oxygen atoms in total. The van der Waals surface area contributed by atoms with Crippen LogP contribution in [0.15, 0.2) is 53.0 Å². The van der Waals surface area contributed by atoms with Crippen molar-refractivity contribution in [1.82, 2.24) is 10.3 Å². The van der Waals surface area contributed by atoms with E-state index in [1.165, 1.54) is 18.2 Å². The number of rotatable bonds is 11. The molecule has 0 radical (unpaired) electrons. The lowest BCUT2D eigenvalue weighted by atomic mass is 9.93. The first-order valence-electron chi connectivity index (χ1n) is 13.2. The quantitative estimate of drug-likeness (QED) is 0.176. The number of fused-ring (bicyclic) bond motifs is 1. The number of carbonyl (C=O) groups excluding carboxylic acids is 2. The van der Waals surface area contributed by atoms with Gasteiger partial charge in [0.1, 0.15) is 11.6 Å². The normalized spacial score (nSPS) is 14.4. The molecule has 40 heavy (non-hydrogen) atoms. The number of nitrogens with zero attached hydrogens (tertiary/aromatic N) is 2. The molecule has 2 atom stereocenters. The maximum absolute atomic E-state index is 14.2. The zero-order chi connectivity index (χ0) is 28.8. The second-order valence-electron chi connectivity index (χ2n) is 9.77. The highest BCUT2D eigenvalue weighted by atomic mass is 79.9. The average molecular weight is 635 g/mol.